The van der Waals surface area contributed by atoms with Crippen LogP contribution in [0.25, 0.3) is 10.2 Å². The van der Waals surface area contributed by atoms with Gasteiger partial charge in [-0.05, 0) is 68.1 Å². The van der Waals surface area contributed by atoms with Crippen molar-refractivity contribution >= 4 is 37.5 Å². The van der Waals surface area contributed by atoms with Gasteiger partial charge in [0.05, 0.1) is 15.1 Å². The third-order valence-electron chi connectivity index (χ3n) is 5.74. The Morgan fingerprint density at radius 2 is 1.62 bits per heavy atom. The van der Waals surface area contributed by atoms with E-state index in [0.29, 0.717) is 23.5 Å². The molecule has 0 aliphatic heterocycles. The summed E-state index contributed by atoms with van der Waals surface area (Å²) in [5, 5.41) is 0. The van der Waals surface area contributed by atoms with Gasteiger partial charge in [0.25, 0.3) is 5.91 Å². The maximum absolute atomic E-state index is 13.2. The van der Waals surface area contributed by atoms with Crippen molar-refractivity contribution in [1.82, 2.24) is 8.87 Å². The first-order chi connectivity index (χ1) is 16.3. The number of amides is 1. The number of fused-ring (bicyclic) bond motifs is 1. The van der Waals surface area contributed by atoms with Crippen LogP contribution in [0.3, 0.4) is 0 Å². The first-order valence-corrected chi connectivity index (χ1v) is 14.4. The van der Waals surface area contributed by atoms with Crippen LogP contribution in [0, 0.1) is 6.92 Å². The van der Waals surface area contributed by atoms with Gasteiger partial charge >= 0.3 is 0 Å². The fraction of sp³-hybridized carbons (Fsp3) is 0.462. The molecule has 6 nitrogen and oxygen atoms in total. The molecule has 1 aromatic heterocycles. The molecule has 0 aliphatic rings. The molecular formula is C26H35N3O3S2. The van der Waals surface area contributed by atoms with Gasteiger partial charge in [0, 0.05) is 25.2 Å². The van der Waals surface area contributed by atoms with Gasteiger partial charge in [-0.25, -0.2) is 8.42 Å². The van der Waals surface area contributed by atoms with E-state index < -0.39 is 10.0 Å². The lowest BCUT2D eigenvalue weighted by molar-refractivity contribution is 0.0997. The lowest BCUT2D eigenvalue weighted by atomic mass is 10.2. The van der Waals surface area contributed by atoms with Crippen molar-refractivity contribution in [3.63, 3.8) is 0 Å². The number of carbonyl (C=O) groups is 1. The Morgan fingerprint density at radius 3 is 2.21 bits per heavy atom. The molecule has 0 unspecified atom stereocenters. The molecule has 3 aromatic rings. The van der Waals surface area contributed by atoms with Gasteiger partial charge in [-0.2, -0.15) is 9.30 Å². The number of benzene rings is 2. The largest absolute Gasteiger partial charge is 0.316 e. The molecule has 184 valence electrons. The molecule has 2 aromatic carbocycles. The minimum absolute atomic E-state index is 0.217. The van der Waals surface area contributed by atoms with Crippen LogP contribution in [0.1, 0.15) is 68.8 Å². The quantitative estimate of drug-likeness (QED) is 0.336. The van der Waals surface area contributed by atoms with Crippen LogP contribution in [-0.2, 0) is 16.6 Å². The number of rotatable bonds is 11. The van der Waals surface area contributed by atoms with Crippen LogP contribution in [0.5, 0.6) is 0 Å². The van der Waals surface area contributed by atoms with Gasteiger partial charge in [-0.15, -0.1) is 0 Å². The lowest BCUT2D eigenvalue weighted by Gasteiger charge is -2.22. The van der Waals surface area contributed by atoms with Crippen molar-refractivity contribution in [3.8, 4) is 0 Å². The average molecular weight is 502 g/mol. The van der Waals surface area contributed by atoms with E-state index in [0.717, 1.165) is 48.9 Å². The van der Waals surface area contributed by atoms with E-state index in [1.807, 2.05) is 6.92 Å². The Labute approximate surface area is 207 Å². The van der Waals surface area contributed by atoms with E-state index in [1.165, 1.54) is 29.0 Å². The molecule has 0 saturated carbocycles. The van der Waals surface area contributed by atoms with E-state index in [9.17, 15) is 13.2 Å². The summed E-state index contributed by atoms with van der Waals surface area (Å²) in [5.41, 5.74) is 2.62. The molecule has 0 bridgehead atoms. The van der Waals surface area contributed by atoms with Crippen molar-refractivity contribution in [3.05, 3.63) is 58.4 Å². The number of aromatic nitrogens is 1. The first-order valence-electron chi connectivity index (χ1n) is 12.1. The minimum atomic E-state index is -3.59. The summed E-state index contributed by atoms with van der Waals surface area (Å²) in [7, 11) is -3.59. The highest BCUT2D eigenvalue weighted by Crippen LogP contribution is 2.21. The average Bonchev–Trinajstić information content (AvgIpc) is 3.15. The molecule has 0 N–H and O–H groups in total. The van der Waals surface area contributed by atoms with Crippen LogP contribution >= 0.6 is 11.3 Å². The number of unbranched alkanes of at least 4 members (excludes halogenated alkanes) is 2. The Hall–Kier alpha value is -2.29. The van der Waals surface area contributed by atoms with Crippen LogP contribution in [0.4, 0.5) is 0 Å². The van der Waals surface area contributed by atoms with Crippen LogP contribution in [-0.4, -0.2) is 36.3 Å². The Kier molecular flexibility index (Phi) is 9.22. The van der Waals surface area contributed by atoms with Crippen molar-refractivity contribution in [2.75, 3.05) is 13.1 Å². The number of thiazole rings is 1. The second kappa shape index (κ2) is 11.9. The summed E-state index contributed by atoms with van der Waals surface area (Å²) in [6, 6.07) is 12.4. The minimum Gasteiger partial charge on any atom is -0.316 e. The molecule has 0 aliphatic carbocycles. The van der Waals surface area contributed by atoms with Crippen molar-refractivity contribution in [2.45, 2.75) is 71.2 Å². The zero-order valence-corrected chi connectivity index (χ0v) is 22.2. The third kappa shape index (κ3) is 6.03. The van der Waals surface area contributed by atoms with Gasteiger partial charge in [-0.3, -0.25) is 4.79 Å². The van der Waals surface area contributed by atoms with Gasteiger partial charge in [0.2, 0.25) is 10.0 Å². The van der Waals surface area contributed by atoms with Crippen molar-refractivity contribution in [2.24, 2.45) is 4.99 Å². The van der Waals surface area contributed by atoms with E-state index in [1.54, 1.807) is 16.4 Å². The van der Waals surface area contributed by atoms with E-state index in [-0.39, 0.29) is 10.8 Å². The molecule has 0 saturated heterocycles. The highest BCUT2D eigenvalue weighted by Gasteiger charge is 2.23. The van der Waals surface area contributed by atoms with Crippen molar-refractivity contribution in [1.29, 1.82) is 0 Å². The highest BCUT2D eigenvalue weighted by atomic mass is 32.2. The molecule has 1 amide bonds. The molecular weight excluding hydrogens is 466 g/mol. The Morgan fingerprint density at radius 1 is 0.971 bits per heavy atom. The normalized spacial score (nSPS) is 12.7. The van der Waals surface area contributed by atoms with Gasteiger partial charge in [0.15, 0.2) is 4.80 Å². The van der Waals surface area contributed by atoms with Gasteiger partial charge < -0.3 is 4.57 Å². The zero-order valence-electron chi connectivity index (χ0n) is 20.6. The van der Waals surface area contributed by atoms with E-state index in [4.69, 9.17) is 0 Å². The number of nitrogens with zero attached hydrogens (tertiary/aromatic N) is 3. The zero-order chi connectivity index (χ0) is 24.7. The summed E-state index contributed by atoms with van der Waals surface area (Å²) < 4.78 is 31.1. The molecule has 1 heterocycles. The number of hydrogen-bond donors (Lipinski definition) is 0. The predicted octanol–water partition coefficient (Wildman–Crippen LogP) is 5.75. The van der Waals surface area contributed by atoms with Crippen LogP contribution in [0.15, 0.2) is 52.4 Å². The molecule has 3 rings (SSSR count). The van der Waals surface area contributed by atoms with Crippen LogP contribution in [0.2, 0.25) is 0 Å². The van der Waals surface area contributed by atoms with E-state index >= 15 is 0 Å². The fourth-order valence-corrected chi connectivity index (χ4v) is 6.47. The molecule has 8 heteroatoms. The topological polar surface area (TPSA) is 71.7 Å². The second-order valence-electron chi connectivity index (χ2n) is 8.56. The van der Waals surface area contributed by atoms with Gasteiger partial charge in [0.1, 0.15) is 0 Å². The van der Waals surface area contributed by atoms with Gasteiger partial charge in [-0.1, -0.05) is 51.0 Å². The maximum atomic E-state index is 13.2. The third-order valence-corrected chi connectivity index (χ3v) is 8.70. The molecule has 34 heavy (non-hydrogen) atoms. The lowest BCUT2D eigenvalue weighted by Crippen LogP contribution is -2.33. The van der Waals surface area contributed by atoms with Crippen molar-refractivity contribution < 1.29 is 13.2 Å². The smallest absolute Gasteiger partial charge is 0.279 e. The summed E-state index contributed by atoms with van der Waals surface area (Å²) in [5.74, 6) is -0.370. The van der Waals surface area contributed by atoms with Crippen LogP contribution < -0.4 is 4.80 Å². The SMILES string of the molecule is CCCCN(CCCC)S(=O)(=O)c1ccc(C(=O)N=c2sc3cc(C)ccc3n2CCC)cc1. The molecule has 0 spiro atoms. The summed E-state index contributed by atoms with van der Waals surface area (Å²) >= 11 is 1.50. The molecule has 0 atom stereocenters. The first kappa shape index (κ1) is 26.3. The summed E-state index contributed by atoms with van der Waals surface area (Å²) in [6.07, 6.45) is 4.45. The standard InChI is InChI=1S/C26H35N3O3S2/c1-5-8-17-28(18-9-6-2)34(31,32)22-13-11-21(12-14-22)25(30)27-26-29(16-7-3)23-15-10-20(4)19-24(23)33-26/h10-15,19H,5-9,16-18H2,1-4H3. The van der Waals surface area contributed by atoms with E-state index in [2.05, 4.69) is 48.5 Å². The monoisotopic (exact) mass is 501 g/mol. The number of sulfonamides is 1. The Bertz CT molecular complexity index is 1280. The Balaban J connectivity index is 1.90. The molecule has 0 fully saturated rings. The predicted molar refractivity (Wildman–Crippen MR) is 140 cm³/mol. The number of hydrogen-bond acceptors (Lipinski definition) is 4. The highest BCUT2D eigenvalue weighted by molar-refractivity contribution is 7.89. The molecule has 0 radical (unpaired) electrons. The number of aryl methyl sites for hydroxylation is 2. The fourth-order valence-electron chi connectivity index (χ4n) is 3.80. The second-order valence-corrected chi connectivity index (χ2v) is 11.5. The maximum Gasteiger partial charge on any atom is 0.279 e. The summed E-state index contributed by atoms with van der Waals surface area (Å²) in [6.45, 7) is 10.0. The number of carbonyl (C=O) groups excluding carboxylic acids is 1. The summed E-state index contributed by atoms with van der Waals surface area (Å²) in [4.78, 5) is 18.2.